The van der Waals surface area contributed by atoms with Crippen LogP contribution in [-0.4, -0.2) is 25.7 Å². The number of hydrogen-bond acceptors (Lipinski definition) is 5. The Morgan fingerprint density at radius 3 is 2.62 bits per heavy atom. The van der Waals surface area contributed by atoms with Crippen molar-refractivity contribution in [1.82, 2.24) is 19.8 Å². The van der Waals surface area contributed by atoms with Gasteiger partial charge in [-0.1, -0.05) is 34.8 Å². The second-order valence-electron chi connectivity index (χ2n) is 4.58. The Kier molecular flexibility index (Phi) is 4.91. The smallest absolute Gasteiger partial charge is 0.323 e. The number of hydrogen-bond donors (Lipinski definition) is 1. The van der Waals surface area contributed by atoms with Gasteiger partial charge in [0.2, 0.25) is 5.91 Å². The predicted molar refractivity (Wildman–Crippen MR) is 93.6 cm³/mol. The summed E-state index contributed by atoms with van der Waals surface area (Å²) >= 11 is 19.0. The van der Waals surface area contributed by atoms with Crippen LogP contribution >= 0.6 is 46.1 Å². The van der Waals surface area contributed by atoms with Crippen molar-refractivity contribution in [3.8, 4) is 5.00 Å². The van der Waals surface area contributed by atoms with E-state index < -0.39 is 11.6 Å². The molecule has 2 aromatic heterocycles. The molecule has 11 heteroatoms. The van der Waals surface area contributed by atoms with Gasteiger partial charge in [-0.2, -0.15) is 9.36 Å². The van der Waals surface area contributed by atoms with Gasteiger partial charge >= 0.3 is 5.69 Å². The second-order valence-corrected chi connectivity index (χ2v) is 6.72. The fraction of sp³-hybridized carbons (Fsp3) is 0.0769. The van der Waals surface area contributed by atoms with E-state index in [0.717, 1.165) is 9.36 Å². The van der Waals surface area contributed by atoms with Gasteiger partial charge in [0.15, 0.2) is 0 Å². The summed E-state index contributed by atoms with van der Waals surface area (Å²) in [4.78, 5) is 24.3. The zero-order chi connectivity index (χ0) is 17.3. The van der Waals surface area contributed by atoms with Gasteiger partial charge in [0, 0.05) is 0 Å². The van der Waals surface area contributed by atoms with Crippen molar-refractivity contribution < 1.29 is 4.79 Å². The largest absolute Gasteiger partial charge is 0.369 e. The normalized spacial score (nSPS) is 10.8. The lowest BCUT2D eigenvalue weighted by molar-refractivity contribution is -0.117. The third kappa shape index (κ3) is 3.46. The third-order valence-corrected chi connectivity index (χ3v) is 4.81. The molecule has 0 fully saturated rings. The molecule has 0 bridgehead atoms. The minimum absolute atomic E-state index is 0.229. The molecule has 0 radical (unpaired) electrons. The standard InChI is InChI=1S/C13H8Cl3N5O2S/c14-7-4-9(16)10(5-8(7)15)17-11(22)6-20-13(23)21(19-18-20)12-2-1-3-24-12/h1-5H,6H2,(H,17,22). The summed E-state index contributed by atoms with van der Waals surface area (Å²) in [5.74, 6) is -0.504. The molecule has 1 amide bonds. The quantitative estimate of drug-likeness (QED) is 0.678. The molecular weight excluding hydrogens is 397 g/mol. The topological polar surface area (TPSA) is 81.8 Å². The minimum Gasteiger partial charge on any atom is -0.323 e. The van der Waals surface area contributed by atoms with E-state index in [1.54, 1.807) is 17.5 Å². The molecule has 7 nitrogen and oxygen atoms in total. The molecular formula is C13H8Cl3N5O2S. The molecule has 0 saturated heterocycles. The fourth-order valence-electron chi connectivity index (χ4n) is 1.85. The lowest BCUT2D eigenvalue weighted by Gasteiger charge is -2.08. The number of thiophene rings is 1. The number of nitrogens with one attached hydrogen (secondary N) is 1. The molecule has 0 saturated carbocycles. The molecule has 0 atom stereocenters. The monoisotopic (exact) mass is 403 g/mol. The predicted octanol–water partition coefficient (Wildman–Crippen LogP) is 3.09. The maximum absolute atomic E-state index is 12.2. The number of tetrazole rings is 1. The van der Waals surface area contributed by atoms with Gasteiger partial charge in [-0.25, -0.2) is 4.79 Å². The zero-order valence-corrected chi connectivity index (χ0v) is 14.8. The summed E-state index contributed by atoms with van der Waals surface area (Å²) in [6.07, 6.45) is 0. The number of rotatable bonds is 4. The van der Waals surface area contributed by atoms with E-state index >= 15 is 0 Å². The van der Waals surface area contributed by atoms with Gasteiger partial charge in [-0.15, -0.1) is 11.3 Å². The average Bonchev–Trinajstić information content (AvgIpc) is 3.16. The van der Waals surface area contributed by atoms with Crippen LogP contribution in [-0.2, 0) is 11.3 Å². The number of amides is 1. The highest BCUT2D eigenvalue weighted by molar-refractivity contribution is 7.12. The molecule has 0 aliphatic rings. The van der Waals surface area contributed by atoms with Crippen molar-refractivity contribution in [1.29, 1.82) is 0 Å². The van der Waals surface area contributed by atoms with Crippen LogP contribution < -0.4 is 11.0 Å². The van der Waals surface area contributed by atoms with Crippen LogP contribution in [0.15, 0.2) is 34.4 Å². The van der Waals surface area contributed by atoms with Crippen LogP contribution in [0.25, 0.3) is 5.00 Å². The molecule has 0 aliphatic heterocycles. The molecule has 124 valence electrons. The SMILES string of the molecule is O=C(Cn1nnn(-c2cccs2)c1=O)Nc1cc(Cl)c(Cl)cc1Cl. The van der Waals surface area contributed by atoms with Crippen molar-refractivity contribution in [2.24, 2.45) is 0 Å². The van der Waals surface area contributed by atoms with Gasteiger partial charge in [0.1, 0.15) is 11.5 Å². The Bertz CT molecular complexity index is 951. The number of carbonyl (C=O) groups is 1. The van der Waals surface area contributed by atoms with E-state index in [1.807, 2.05) is 0 Å². The van der Waals surface area contributed by atoms with E-state index in [-0.39, 0.29) is 27.3 Å². The van der Waals surface area contributed by atoms with E-state index in [9.17, 15) is 9.59 Å². The van der Waals surface area contributed by atoms with Gasteiger partial charge in [0.25, 0.3) is 0 Å². The molecule has 2 heterocycles. The molecule has 0 aliphatic carbocycles. The number of carbonyl (C=O) groups excluding carboxylic acids is 1. The lowest BCUT2D eigenvalue weighted by Crippen LogP contribution is -2.29. The first-order chi connectivity index (χ1) is 11.5. The van der Waals surface area contributed by atoms with Crippen molar-refractivity contribution in [3.05, 3.63) is 55.2 Å². The van der Waals surface area contributed by atoms with Crippen LogP contribution in [0.3, 0.4) is 0 Å². The Morgan fingerprint density at radius 2 is 1.92 bits per heavy atom. The van der Waals surface area contributed by atoms with Gasteiger partial charge < -0.3 is 5.32 Å². The summed E-state index contributed by atoms with van der Waals surface area (Å²) in [5.41, 5.74) is -0.234. The summed E-state index contributed by atoms with van der Waals surface area (Å²) in [7, 11) is 0. The van der Waals surface area contributed by atoms with E-state index in [1.165, 1.54) is 23.5 Å². The van der Waals surface area contributed by atoms with Gasteiger partial charge in [-0.3, -0.25) is 4.79 Å². The first kappa shape index (κ1) is 17.0. The van der Waals surface area contributed by atoms with Crippen molar-refractivity contribution in [3.63, 3.8) is 0 Å². The number of benzene rings is 1. The second kappa shape index (κ2) is 6.94. The van der Waals surface area contributed by atoms with Gasteiger partial charge in [0.05, 0.1) is 20.8 Å². The van der Waals surface area contributed by atoms with Crippen molar-refractivity contribution in [2.75, 3.05) is 5.32 Å². The Hall–Kier alpha value is -1.87. The maximum atomic E-state index is 12.2. The molecule has 0 unspecified atom stereocenters. The number of halogens is 3. The summed E-state index contributed by atoms with van der Waals surface area (Å²) in [6, 6.07) is 6.35. The highest BCUT2D eigenvalue weighted by Crippen LogP contribution is 2.32. The number of nitrogens with zero attached hydrogens (tertiary/aromatic N) is 4. The first-order valence-electron chi connectivity index (χ1n) is 6.47. The summed E-state index contributed by atoms with van der Waals surface area (Å²) in [6.45, 7) is -0.319. The number of aromatic nitrogens is 4. The Labute approximate surface area is 154 Å². The van der Waals surface area contributed by atoms with Crippen LogP contribution in [0.5, 0.6) is 0 Å². The highest BCUT2D eigenvalue weighted by atomic mass is 35.5. The molecule has 0 spiro atoms. The lowest BCUT2D eigenvalue weighted by atomic mass is 10.3. The zero-order valence-electron chi connectivity index (χ0n) is 11.7. The Morgan fingerprint density at radius 1 is 1.17 bits per heavy atom. The van der Waals surface area contributed by atoms with Crippen LogP contribution in [0.4, 0.5) is 5.69 Å². The minimum atomic E-state index is -0.521. The van der Waals surface area contributed by atoms with Crippen molar-refractivity contribution >= 4 is 57.7 Å². The summed E-state index contributed by atoms with van der Waals surface area (Å²) < 4.78 is 2.06. The molecule has 1 aromatic carbocycles. The molecule has 3 aromatic rings. The highest BCUT2D eigenvalue weighted by Gasteiger charge is 2.14. The van der Waals surface area contributed by atoms with Crippen LogP contribution in [0, 0.1) is 0 Å². The fourth-order valence-corrected chi connectivity index (χ4v) is 3.11. The number of anilines is 1. The summed E-state index contributed by atoms with van der Waals surface area (Å²) in [5, 5.41) is 13.1. The molecule has 24 heavy (non-hydrogen) atoms. The maximum Gasteiger partial charge on any atom is 0.369 e. The first-order valence-corrected chi connectivity index (χ1v) is 8.48. The van der Waals surface area contributed by atoms with Crippen molar-refractivity contribution in [2.45, 2.75) is 6.54 Å². The van der Waals surface area contributed by atoms with Gasteiger partial charge in [-0.05, 0) is 40.1 Å². The molecule has 3 rings (SSSR count). The van der Waals surface area contributed by atoms with E-state index in [0.29, 0.717) is 5.00 Å². The Balaban J connectivity index is 1.77. The molecule has 1 N–H and O–H groups in total. The van der Waals surface area contributed by atoms with Crippen LogP contribution in [0.2, 0.25) is 15.1 Å². The third-order valence-electron chi connectivity index (χ3n) is 2.93. The van der Waals surface area contributed by atoms with E-state index in [4.69, 9.17) is 34.8 Å². The average molecular weight is 405 g/mol. The van der Waals surface area contributed by atoms with Crippen LogP contribution in [0.1, 0.15) is 0 Å². The van der Waals surface area contributed by atoms with E-state index in [2.05, 4.69) is 15.7 Å².